The van der Waals surface area contributed by atoms with Crippen LogP contribution in [-0.2, 0) is 5.60 Å². The number of ether oxygens (including phenoxy) is 1. The molecule has 96 valence electrons. The van der Waals surface area contributed by atoms with Gasteiger partial charge in [0.15, 0.2) is 0 Å². The van der Waals surface area contributed by atoms with E-state index in [-0.39, 0.29) is 12.0 Å². The lowest BCUT2D eigenvalue weighted by Gasteiger charge is -2.32. The first-order valence-corrected chi connectivity index (χ1v) is 6.38. The SMILES string of the molecule is CCC(C)C(C)(O)c1ccccc1OC(C)C. The Hall–Kier alpha value is -1.02. The molecule has 1 aromatic carbocycles. The van der Waals surface area contributed by atoms with Crippen LogP contribution in [0.3, 0.4) is 0 Å². The van der Waals surface area contributed by atoms with E-state index in [1.54, 1.807) is 0 Å². The maximum Gasteiger partial charge on any atom is 0.125 e. The maximum atomic E-state index is 10.7. The van der Waals surface area contributed by atoms with Gasteiger partial charge in [0, 0.05) is 5.56 Å². The smallest absolute Gasteiger partial charge is 0.125 e. The Balaban J connectivity index is 3.12. The Morgan fingerprint density at radius 2 is 1.82 bits per heavy atom. The fourth-order valence-corrected chi connectivity index (χ4v) is 1.90. The third-order valence-electron chi connectivity index (χ3n) is 3.37. The molecule has 0 aromatic heterocycles. The van der Waals surface area contributed by atoms with Gasteiger partial charge in [0.2, 0.25) is 0 Å². The number of benzene rings is 1. The van der Waals surface area contributed by atoms with E-state index in [0.29, 0.717) is 0 Å². The first-order valence-electron chi connectivity index (χ1n) is 6.38. The van der Waals surface area contributed by atoms with Crippen molar-refractivity contribution < 1.29 is 9.84 Å². The fraction of sp³-hybridized carbons (Fsp3) is 0.600. The summed E-state index contributed by atoms with van der Waals surface area (Å²) in [6.45, 7) is 10.0. The Kier molecular flexibility index (Phi) is 4.58. The van der Waals surface area contributed by atoms with E-state index in [1.807, 2.05) is 45.0 Å². The van der Waals surface area contributed by atoms with Gasteiger partial charge in [-0.25, -0.2) is 0 Å². The van der Waals surface area contributed by atoms with E-state index in [4.69, 9.17) is 4.74 Å². The van der Waals surface area contributed by atoms with Crippen molar-refractivity contribution in [1.29, 1.82) is 0 Å². The molecule has 0 spiro atoms. The van der Waals surface area contributed by atoms with Gasteiger partial charge in [-0.3, -0.25) is 0 Å². The van der Waals surface area contributed by atoms with Gasteiger partial charge >= 0.3 is 0 Å². The van der Waals surface area contributed by atoms with Crippen molar-refractivity contribution in [2.45, 2.75) is 52.7 Å². The second-order valence-electron chi connectivity index (χ2n) is 5.12. The predicted octanol–water partition coefficient (Wildman–Crippen LogP) is 3.73. The van der Waals surface area contributed by atoms with Crippen LogP contribution in [0, 0.1) is 5.92 Å². The largest absolute Gasteiger partial charge is 0.491 e. The molecule has 0 amide bonds. The molecule has 2 unspecified atom stereocenters. The summed E-state index contributed by atoms with van der Waals surface area (Å²) < 4.78 is 5.77. The third kappa shape index (κ3) is 3.22. The average molecular weight is 236 g/mol. The summed E-state index contributed by atoms with van der Waals surface area (Å²) >= 11 is 0. The van der Waals surface area contributed by atoms with Crippen LogP contribution >= 0.6 is 0 Å². The van der Waals surface area contributed by atoms with Gasteiger partial charge in [-0.15, -0.1) is 0 Å². The van der Waals surface area contributed by atoms with Crippen LogP contribution in [0.5, 0.6) is 5.75 Å². The van der Waals surface area contributed by atoms with Crippen molar-refractivity contribution in [3.8, 4) is 5.75 Å². The van der Waals surface area contributed by atoms with Crippen LogP contribution in [0.1, 0.15) is 46.6 Å². The number of rotatable bonds is 5. The summed E-state index contributed by atoms with van der Waals surface area (Å²) in [7, 11) is 0. The summed E-state index contributed by atoms with van der Waals surface area (Å²) in [5.74, 6) is 0.979. The molecule has 0 saturated heterocycles. The van der Waals surface area contributed by atoms with Crippen LogP contribution in [0.4, 0.5) is 0 Å². The Labute approximate surface area is 105 Å². The molecular weight excluding hydrogens is 212 g/mol. The molecule has 0 aliphatic rings. The van der Waals surface area contributed by atoms with Gasteiger partial charge in [-0.1, -0.05) is 38.5 Å². The highest BCUT2D eigenvalue weighted by atomic mass is 16.5. The van der Waals surface area contributed by atoms with Gasteiger partial charge in [-0.05, 0) is 32.8 Å². The summed E-state index contributed by atoms with van der Waals surface area (Å²) in [6, 6.07) is 7.75. The molecule has 1 N–H and O–H groups in total. The van der Waals surface area contributed by atoms with Gasteiger partial charge in [0.1, 0.15) is 5.75 Å². The number of aliphatic hydroxyl groups is 1. The molecule has 17 heavy (non-hydrogen) atoms. The van der Waals surface area contributed by atoms with Crippen molar-refractivity contribution in [2.24, 2.45) is 5.92 Å². The first kappa shape index (κ1) is 14.0. The molecule has 1 aromatic rings. The highest BCUT2D eigenvalue weighted by Gasteiger charge is 2.32. The molecule has 0 fully saturated rings. The van der Waals surface area contributed by atoms with Crippen LogP contribution in [0.25, 0.3) is 0 Å². The molecule has 2 heteroatoms. The van der Waals surface area contributed by atoms with Gasteiger partial charge in [0.25, 0.3) is 0 Å². The molecule has 0 aliphatic carbocycles. The predicted molar refractivity (Wildman–Crippen MR) is 71.2 cm³/mol. The molecule has 0 radical (unpaired) electrons. The Morgan fingerprint density at radius 1 is 1.24 bits per heavy atom. The van der Waals surface area contributed by atoms with Gasteiger partial charge in [-0.2, -0.15) is 0 Å². The summed E-state index contributed by atoms with van der Waals surface area (Å²) in [4.78, 5) is 0. The summed E-state index contributed by atoms with van der Waals surface area (Å²) in [5, 5.41) is 10.7. The highest BCUT2D eigenvalue weighted by molar-refractivity contribution is 5.38. The molecule has 0 saturated carbocycles. The maximum absolute atomic E-state index is 10.7. The topological polar surface area (TPSA) is 29.5 Å². The first-order chi connectivity index (χ1) is 7.89. The molecule has 2 atom stereocenters. The zero-order chi connectivity index (χ0) is 13.1. The molecule has 0 bridgehead atoms. The zero-order valence-electron chi connectivity index (χ0n) is 11.5. The van der Waals surface area contributed by atoms with Crippen molar-refractivity contribution >= 4 is 0 Å². The van der Waals surface area contributed by atoms with Crippen LogP contribution in [-0.4, -0.2) is 11.2 Å². The second kappa shape index (κ2) is 5.54. The van der Waals surface area contributed by atoms with E-state index in [1.165, 1.54) is 0 Å². The minimum absolute atomic E-state index is 0.115. The van der Waals surface area contributed by atoms with Crippen molar-refractivity contribution in [1.82, 2.24) is 0 Å². The fourth-order valence-electron chi connectivity index (χ4n) is 1.90. The van der Waals surface area contributed by atoms with Crippen molar-refractivity contribution in [2.75, 3.05) is 0 Å². The monoisotopic (exact) mass is 236 g/mol. The highest BCUT2D eigenvalue weighted by Crippen LogP contribution is 2.37. The molecule has 1 rings (SSSR count). The summed E-state index contributed by atoms with van der Waals surface area (Å²) in [5.41, 5.74) is 0.0308. The van der Waals surface area contributed by atoms with Crippen LogP contribution < -0.4 is 4.74 Å². The minimum Gasteiger partial charge on any atom is -0.491 e. The standard InChI is InChI=1S/C15H24O2/c1-6-12(4)15(5,16)13-9-7-8-10-14(13)17-11(2)3/h7-12,16H,6H2,1-5H3. The van der Waals surface area contributed by atoms with E-state index >= 15 is 0 Å². The summed E-state index contributed by atoms with van der Waals surface area (Å²) in [6.07, 6.45) is 1.05. The number of para-hydroxylation sites is 1. The minimum atomic E-state index is -0.847. The van der Waals surface area contributed by atoms with E-state index in [0.717, 1.165) is 17.7 Å². The quantitative estimate of drug-likeness (QED) is 0.844. The zero-order valence-corrected chi connectivity index (χ0v) is 11.5. The molecule has 0 heterocycles. The number of hydrogen-bond donors (Lipinski definition) is 1. The van der Waals surface area contributed by atoms with Gasteiger partial charge in [0.05, 0.1) is 11.7 Å². The van der Waals surface area contributed by atoms with Crippen LogP contribution in [0.2, 0.25) is 0 Å². The number of hydrogen-bond acceptors (Lipinski definition) is 2. The molecular formula is C15H24O2. The average Bonchev–Trinajstić information content (AvgIpc) is 2.27. The lowest BCUT2D eigenvalue weighted by Crippen LogP contribution is -2.30. The lowest BCUT2D eigenvalue weighted by atomic mass is 9.82. The van der Waals surface area contributed by atoms with E-state index < -0.39 is 5.60 Å². The Bertz CT molecular complexity index is 356. The van der Waals surface area contributed by atoms with Crippen molar-refractivity contribution in [3.05, 3.63) is 29.8 Å². The third-order valence-corrected chi connectivity index (χ3v) is 3.37. The van der Waals surface area contributed by atoms with Gasteiger partial charge < -0.3 is 9.84 Å². The molecule has 0 aliphatic heterocycles. The second-order valence-corrected chi connectivity index (χ2v) is 5.12. The molecule has 2 nitrogen and oxygen atoms in total. The van der Waals surface area contributed by atoms with Crippen LogP contribution in [0.15, 0.2) is 24.3 Å². The van der Waals surface area contributed by atoms with Crippen molar-refractivity contribution in [3.63, 3.8) is 0 Å². The normalized spacial score (nSPS) is 16.6. The lowest BCUT2D eigenvalue weighted by molar-refractivity contribution is -0.00308. The van der Waals surface area contributed by atoms with E-state index in [9.17, 15) is 5.11 Å². The van der Waals surface area contributed by atoms with E-state index in [2.05, 4.69) is 13.8 Å². The Morgan fingerprint density at radius 3 is 2.35 bits per heavy atom.